The third kappa shape index (κ3) is 4.34. The normalized spacial score (nSPS) is 22.4. The molecule has 0 saturated heterocycles. The van der Waals surface area contributed by atoms with E-state index in [4.69, 9.17) is 15.2 Å². The van der Waals surface area contributed by atoms with E-state index in [9.17, 15) is 9.50 Å². The Hall–Kier alpha value is -2.11. The number of benzene rings is 2. The van der Waals surface area contributed by atoms with Gasteiger partial charge in [-0.15, -0.1) is 0 Å². The zero-order valence-corrected chi connectivity index (χ0v) is 15.1. The average molecular weight is 359 g/mol. The lowest BCUT2D eigenvalue weighted by Gasteiger charge is -2.21. The van der Waals surface area contributed by atoms with Crippen molar-refractivity contribution in [1.29, 1.82) is 0 Å². The van der Waals surface area contributed by atoms with Crippen molar-refractivity contribution in [2.24, 2.45) is 5.73 Å². The molecule has 3 N–H and O–H groups in total. The van der Waals surface area contributed by atoms with Crippen LogP contribution in [0.3, 0.4) is 0 Å². The van der Waals surface area contributed by atoms with Gasteiger partial charge in [0, 0.05) is 12.0 Å². The topological polar surface area (TPSA) is 64.7 Å². The van der Waals surface area contributed by atoms with Crippen LogP contribution in [0.2, 0.25) is 0 Å². The molecule has 0 amide bonds. The van der Waals surface area contributed by atoms with E-state index < -0.39 is 5.54 Å². The molecule has 5 heteroatoms. The largest absolute Gasteiger partial charge is 0.494 e. The summed E-state index contributed by atoms with van der Waals surface area (Å²) in [5.74, 6) is 1.08. The number of nitrogens with two attached hydrogens (primary N) is 1. The monoisotopic (exact) mass is 359 g/mol. The van der Waals surface area contributed by atoms with Gasteiger partial charge in [-0.1, -0.05) is 18.2 Å². The molecule has 140 valence electrons. The molecule has 1 fully saturated rings. The Balaban J connectivity index is 1.51. The maximum atomic E-state index is 13.7. The van der Waals surface area contributed by atoms with E-state index in [0.717, 1.165) is 30.6 Å². The predicted molar refractivity (Wildman–Crippen MR) is 99.2 cm³/mol. The van der Waals surface area contributed by atoms with E-state index in [2.05, 4.69) is 12.1 Å². The number of ether oxygens (including phenoxy) is 2. The molecule has 1 saturated carbocycles. The highest BCUT2D eigenvalue weighted by Gasteiger charge is 2.35. The molecule has 1 aliphatic carbocycles. The first-order valence-corrected chi connectivity index (χ1v) is 8.98. The third-order valence-electron chi connectivity index (χ3n) is 5.19. The summed E-state index contributed by atoms with van der Waals surface area (Å²) < 4.78 is 24.4. The minimum absolute atomic E-state index is 0.0383. The van der Waals surface area contributed by atoms with Crippen molar-refractivity contribution < 1.29 is 19.0 Å². The second-order valence-electron chi connectivity index (χ2n) is 7.10. The zero-order valence-electron chi connectivity index (χ0n) is 15.1. The van der Waals surface area contributed by atoms with Crippen LogP contribution < -0.4 is 15.2 Å². The molecule has 0 bridgehead atoms. The summed E-state index contributed by atoms with van der Waals surface area (Å²) in [7, 11) is 1.45. The maximum absolute atomic E-state index is 13.7. The lowest BCUT2D eigenvalue weighted by Crippen LogP contribution is -2.40. The van der Waals surface area contributed by atoms with Gasteiger partial charge >= 0.3 is 0 Å². The SMILES string of the molecule is COc1ccc(CCOc2ccc([C@@H]3CC[C@](N)(CO)C3)cc2)cc1F. The number of hydrogen-bond donors (Lipinski definition) is 2. The highest BCUT2D eigenvalue weighted by Crippen LogP contribution is 2.39. The first-order valence-electron chi connectivity index (χ1n) is 8.98. The zero-order chi connectivity index (χ0) is 18.6. The smallest absolute Gasteiger partial charge is 0.165 e. The third-order valence-corrected chi connectivity index (χ3v) is 5.19. The first kappa shape index (κ1) is 18.7. The van der Waals surface area contributed by atoms with Gasteiger partial charge in [-0.25, -0.2) is 4.39 Å². The highest BCUT2D eigenvalue weighted by molar-refractivity contribution is 5.31. The van der Waals surface area contributed by atoms with Gasteiger partial charge in [-0.3, -0.25) is 0 Å². The summed E-state index contributed by atoms with van der Waals surface area (Å²) >= 11 is 0. The molecule has 1 aliphatic rings. The summed E-state index contributed by atoms with van der Waals surface area (Å²) in [4.78, 5) is 0. The quantitative estimate of drug-likeness (QED) is 0.795. The Labute approximate surface area is 153 Å². The average Bonchev–Trinajstić information content (AvgIpc) is 3.05. The minimum atomic E-state index is -0.437. The summed E-state index contributed by atoms with van der Waals surface area (Å²) in [6, 6.07) is 13.0. The highest BCUT2D eigenvalue weighted by atomic mass is 19.1. The van der Waals surface area contributed by atoms with Crippen LogP contribution in [0.1, 0.15) is 36.3 Å². The van der Waals surface area contributed by atoms with Gasteiger partial charge in [0.15, 0.2) is 11.6 Å². The number of halogens is 1. The lowest BCUT2D eigenvalue weighted by molar-refractivity contribution is 0.198. The molecule has 0 aromatic heterocycles. The Morgan fingerprint density at radius 3 is 2.62 bits per heavy atom. The molecule has 3 rings (SSSR count). The lowest BCUT2D eigenvalue weighted by atomic mass is 9.94. The molecule has 0 heterocycles. The van der Waals surface area contributed by atoms with Crippen molar-refractivity contribution in [1.82, 2.24) is 0 Å². The number of aliphatic hydroxyl groups excluding tert-OH is 1. The maximum Gasteiger partial charge on any atom is 0.165 e. The van der Waals surface area contributed by atoms with Crippen LogP contribution in [0.25, 0.3) is 0 Å². The van der Waals surface area contributed by atoms with Gasteiger partial charge in [0.25, 0.3) is 0 Å². The Morgan fingerprint density at radius 1 is 1.23 bits per heavy atom. The van der Waals surface area contributed by atoms with Crippen LogP contribution in [0.4, 0.5) is 4.39 Å². The fraction of sp³-hybridized carbons (Fsp3) is 0.429. The summed E-state index contributed by atoms with van der Waals surface area (Å²) in [6.07, 6.45) is 3.29. The van der Waals surface area contributed by atoms with Crippen LogP contribution in [0.15, 0.2) is 42.5 Å². The van der Waals surface area contributed by atoms with Crippen LogP contribution in [-0.2, 0) is 6.42 Å². The Kier molecular flexibility index (Phi) is 5.79. The van der Waals surface area contributed by atoms with Crippen molar-refractivity contribution in [3.8, 4) is 11.5 Å². The van der Waals surface area contributed by atoms with Gasteiger partial charge in [-0.2, -0.15) is 0 Å². The molecule has 0 aliphatic heterocycles. The van der Waals surface area contributed by atoms with Crippen molar-refractivity contribution in [2.75, 3.05) is 20.3 Å². The standard InChI is InChI=1S/C21H26FNO3/c1-25-20-7-2-15(12-19(20)22)9-11-26-18-5-3-16(4-6-18)17-8-10-21(23,13-17)14-24/h2-7,12,17,24H,8-11,13-14,23H2,1H3/t17-,21-/m1/s1. The van der Waals surface area contributed by atoms with Crippen molar-refractivity contribution in [2.45, 2.75) is 37.1 Å². The van der Waals surface area contributed by atoms with Gasteiger partial charge in [0.2, 0.25) is 0 Å². The molecule has 0 spiro atoms. The predicted octanol–water partition coefficient (Wildman–Crippen LogP) is 3.41. The number of aliphatic hydroxyl groups is 1. The number of rotatable bonds is 7. The second kappa shape index (κ2) is 8.06. The first-order chi connectivity index (χ1) is 12.5. The summed E-state index contributed by atoms with van der Waals surface area (Å²) in [5, 5.41) is 9.40. The molecule has 26 heavy (non-hydrogen) atoms. The molecular formula is C21H26FNO3. The molecule has 4 nitrogen and oxygen atoms in total. The van der Waals surface area contributed by atoms with Gasteiger partial charge < -0.3 is 20.3 Å². The molecule has 2 atom stereocenters. The molecule has 0 radical (unpaired) electrons. The molecule has 2 aromatic carbocycles. The Morgan fingerprint density at radius 2 is 2.00 bits per heavy atom. The number of hydrogen-bond acceptors (Lipinski definition) is 4. The minimum Gasteiger partial charge on any atom is -0.494 e. The van der Waals surface area contributed by atoms with Gasteiger partial charge in [-0.05, 0) is 60.6 Å². The van der Waals surface area contributed by atoms with Gasteiger partial charge in [0.05, 0.1) is 20.3 Å². The van der Waals surface area contributed by atoms with E-state index in [1.165, 1.54) is 18.7 Å². The van der Waals surface area contributed by atoms with E-state index >= 15 is 0 Å². The van der Waals surface area contributed by atoms with E-state index in [1.807, 2.05) is 18.2 Å². The molecular weight excluding hydrogens is 333 g/mol. The fourth-order valence-electron chi connectivity index (χ4n) is 3.57. The summed E-state index contributed by atoms with van der Waals surface area (Å²) in [5.41, 5.74) is 7.82. The van der Waals surface area contributed by atoms with Crippen molar-refractivity contribution in [3.05, 3.63) is 59.4 Å². The molecule has 2 aromatic rings. The summed E-state index contributed by atoms with van der Waals surface area (Å²) in [6.45, 7) is 0.515. The van der Waals surface area contributed by atoms with Crippen LogP contribution in [-0.4, -0.2) is 31.0 Å². The second-order valence-corrected chi connectivity index (χ2v) is 7.10. The van der Waals surface area contributed by atoms with Crippen molar-refractivity contribution >= 4 is 0 Å². The van der Waals surface area contributed by atoms with E-state index in [0.29, 0.717) is 18.9 Å². The fourth-order valence-corrected chi connectivity index (χ4v) is 3.57. The van der Waals surface area contributed by atoms with Crippen LogP contribution >= 0.6 is 0 Å². The van der Waals surface area contributed by atoms with Crippen molar-refractivity contribution in [3.63, 3.8) is 0 Å². The van der Waals surface area contributed by atoms with Crippen LogP contribution in [0, 0.1) is 5.82 Å². The van der Waals surface area contributed by atoms with E-state index in [1.54, 1.807) is 6.07 Å². The van der Waals surface area contributed by atoms with Gasteiger partial charge in [0.1, 0.15) is 5.75 Å². The van der Waals surface area contributed by atoms with Crippen LogP contribution in [0.5, 0.6) is 11.5 Å². The Bertz CT molecular complexity index is 735. The van der Waals surface area contributed by atoms with E-state index in [-0.39, 0.29) is 18.2 Å². The number of methoxy groups -OCH3 is 1. The molecule has 0 unspecified atom stereocenters.